The molecule has 0 spiro atoms. The molecule has 20 heavy (non-hydrogen) atoms. The number of nitrogens with zero attached hydrogens (tertiary/aromatic N) is 1. The van der Waals surface area contributed by atoms with E-state index in [2.05, 4.69) is 5.32 Å². The van der Waals surface area contributed by atoms with E-state index in [0.29, 0.717) is 18.8 Å². The first-order chi connectivity index (χ1) is 9.47. The molecular formula is C15H20N2O3. The van der Waals surface area contributed by atoms with Crippen LogP contribution in [0.5, 0.6) is 0 Å². The summed E-state index contributed by atoms with van der Waals surface area (Å²) in [6.07, 6.45) is 2.60. The predicted molar refractivity (Wildman–Crippen MR) is 79.8 cm³/mol. The Morgan fingerprint density at radius 1 is 1.30 bits per heavy atom. The number of nitrogens with one attached hydrogen (secondary N) is 1. The van der Waals surface area contributed by atoms with E-state index in [0.717, 1.165) is 17.2 Å². The van der Waals surface area contributed by atoms with Gasteiger partial charge in [0.2, 0.25) is 0 Å². The van der Waals surface area contributed by atoms with Gasteiger partial charge >= 0.3 is 12.0 Å². The summed E-state index contributed by atoms with van der Waals surface area (Å²) in [6, 6.07) is 5.25. The summed E-state index contributed by atoms with van der Waals surface area (Å²) in [6.45, 7) is 7.00. The topological polar surface area (TPSA) is 69.6 Å². The van der Waals surface area contributed by atoms with Crippen molar-refractivity contribution in [3.05, 3.63) is 35.4 Å². The van der Waals surface area contributed by atoms with Crippen LogP contribution >= 0.6 is 0 Å². The third kappa shape index (κ3) is 4.42. The van der Waals surface area contributed by atoms with Gasteiger partial charge in [0.05, 0.1) is 0 Å². The molecule has 108 valence electrons. The molecule has 0 aromatic heterocycles. The second kappa shape index (κ2) is 7.33. The summed E-state index contributed by atoms with van der Waals surface area (Å²) in [5.74, 6) is -0.998. The van der Waals surface area contributed by atoms with E-state index in [1.165, 1.54) is 6.08 Å². The summed E-state index contributed by atoms with van der Waals surface area (Å²) in [5.41, 5.74) is 2.37. The molecule has 1 rings (SSSR count). The largest absolute Gasteiger partial charge is 0.478 e. The SMILES string of the molecule is CCN(CC)C(=O)Nc1ccc(C)c(C=CC(=O)O)c1. The molecule has 0 unspecified atom stereocenters. The summed E-state index contributed by atoms with van der Waals surface area (Å²) in [4.78, 5) is 24.2. The zero-order valence-electron chi connectivity index (χ0n) is 12.0. The molecule has 0 fully saturated rings. The van der Waals surface area contributed by atoms with E-state index < -0.39 is 5.97 Å². The molecule has 0 saturated carbocycles. The van der Waals surface area contributed by atoms with E-state index in [1.54, 1.807) is 17.0 Å². The molecule has 0 heterocycles. The standard InChI is InChI=1S/C15H20N2O3/c1-4-17(5-2)15(20)16-13-8-6-11(3)12(10-13)7-9-14(18)19/h6-10H,4-5H2,1-3H3,(H,16,20)(H,18,19). The normalized spacial score (nSPS) is 10.6. The number of carbonyl (C=O) groups is 2. The van der Waals surface area contributed by atoms with Crippen LogP contribution in [0.3, 0.4) is 0 Å². The van der Waals surface area contributed by atoms with Crippen molar-refractivity contribution in [2.24, 2.45) is 0 Å². The number of carboxylic acid groups (broad SMARTS) is 1. The number of aryl methyl sites for hydroxylation is 1. The maximum atomic E-state index is 11.9. The van der Waals surface area contributed by atoms with Gasteiger partial charge < -0.3 is 15.3 Å². The van der Waals surface area contributed by atoms with E-state index in [1.807, 2.05) is 26.8 Å². The van der Waals surface area contributed by atoms with Crippen molar-refractivity contribution in [1.29, 1.82) is 0 Å². The van der Waals surface area contributed by atoms with Gasteiger partial charge in [0.15, 0.2) is 0 Å². The average molecular weight is 276 g/mol. The number of urea groups is 1. The maximum absolute atomic E-state index is 11.9. The van der Waals surface area contributed by atoms with Gasteiger partial charge in [-0.05, 0) is 50.1 Å². The minimum atomic E-state index is -0.998. The number of aliphatic carboxylic acids is 1. The van der Waals surface area contributed by atoms with Gasteiger partial charge in [-0.25, -0.2) is 9.59 Å². The zero-order valence-corrected chi connectivity index (χ0v) is 12.0. The lowest BCUT2D eigenvalue weighted by Gasteiger charge is -2.19. The first-order valence-electron chi connectivity index (χ1n) is 6.55. The first kappa shape index (κ1) is 15.8. The molecule has 1 aromatic carbocycles. The van der Waals surface area contributed by atoms with Crippen LogP contribution in [-0.2, 0) is 4.79 Å². The number of carbonyl (C=O) groups excluding carboxylic acids is 1. The van der Waals surface area contributed by atoms with Crippen molar-refractivity contribution in [2.45, 2.75) is 20.8 Å². The number of amides is 2. The Morgan fingerprint density at radius 3 is 2.50 bits per heavy atom. The first-order valence-corrected chi connectivity index (χ1v) is 6.55. The summed E-state index contributed by atoms with van der Waals surface area (Å²) < 4.78 is 0. The molecule has 5 heteroatoms. The fourth-order valence-electron chi connectivity index (χ4n) is 1.77. The summed E-state index contributed by atoms with van der Waals surface area (Å²) in [7, 11) is 0. The molecular weight excluding hydrogens is 256 g/mol. The van der Waals surface area contributed by atoms with E-state index in [9.17, 15) is 9.59 Å². The molecule has 0 atom stereocenters. The minimum Gasteiger partial charge on any atom is -0.478 e. The second-order valence-electron chi connectivity index (χ2n) is 4.35. The van der Waals surface area contributed by atoms with Crippen molar-refractivity contribution in [3.8, 4) is 0 Å². The highest BCUT2D eigenvalue weighted by atomic mass is 16.4. The van der Waals surface area contributed by atoms with E-state index in [-0.39, 0.29) is 6.03 Å². The van der Waals surface area contributed by atoms with Crippen molar-refractivity contribution in [3.63, 3.8) is 0 Å². The fraction of sp³-hybridized carbons (Fsp3) is 0.333. The Morgan fingerprint density at radius 2 is 1.95 bits per heavy atom. The predicted octanol–water partition coefficient (Wildman–Crippen LogP) is 2.97. The van der Waals surface area contributed by atoms with E-state index >= 15 is 0 Å². The zero-order chi connectivity index (χ0) is 15.1. The third-order valence-electron chi connectivity index (χ3n) is 2.99. The van der Waals surface area contributed by atoms with Crippen LogP contribution in [0.4, 0.5) is 10.5 Å². The number of anilines is 1. The second-order valence-corrected chi connectivity index (χ2v) is 4.35. The van der Waals surface area contributed by atoms with Crippen LogP contribution < -0.4 is 5.32 Å². The van der Waals surface area contributed by atoms with E-state index in [4.69, 9.17) is 5.11 Å². The molecule has 2 N–H and O–H groups in total. The van der Waals surface area contributed by atoms with Crippen molar-refractivity contribution < 1.29 is 14.7 Å². The van der Waals surface area contributed by atoms with Crippen LogP contribution in [0.1, 0.15) is 25.0 Å². The van der Waals surface area contributed by atoms with Crippen LogP contribution in [0.2, 0.25) is 0 Å². The summed E-state index contributed by atoms with van der Waals surface area (Å²) >= 11 is 0. The Kier molecular flexibility index (Phi) is 5.77. The smallest absolute Gasteiger partial charge is 0.328 e. The highest BCUT2D eigenvalue weighted by molar-refractivity contribution is 5.90. The Labute approximate surface area is 118 Å². The van der Waals surface area contributed by atoms with Gasteiger partial charge in [-0.1, -0.05) is 6.07 Å². The van der Waals surface area contributed by atoms with Gasteiger partial charge in [-0.15, -0.1) is 0 Å². The Bertz CT molecular complexity index is 520. The lowest BCUT2D eigenvalue weighted by Crippen LogP contribution is -2.34. The summed E-state index contributed by atoms with van der Waals surface area (Å²) in [5, 5.41) is 11.5. The lowest BCUT2D eigenvalue weighted by molar-refractivity contribution is -0.131. The molecule has 5 nitrogen and oxygen atoms in total. The monoisotopic (exact) mass is 276 g/mol. The molecule has 2 amide bonds. The van der Waals surface area contributed by atoms with Gasteiger partial charge in [0.1, 0.15) is 0 Å². The lowest BCUT2D eigenvalue weighted by atomic mass is 10.1. The number of hydrogen-bond donors (Lipinski definition) is 2. The number of carboxylic acids is 1. The Balaban J connectivity index is 2.90. The minimum absolute atomic E-state index is 0.160. The molecule has 0 radical (unpaired) electrons. The van der Waals surface area contributed by atoms with Crippen molar-refractivity contribution in [2.75, 3.05) is 18.4 Å². The molecule has 0 aliphatic rings. The molecule has 1 aromatic rings. The quantitative estimate of drug-likeness (QED) is 0.812. The third-order valence-corrected chi connectivity index (χ3v) is 2.99. The maximum Gasteiger partial charge on any atom is 0.328 e. The Hall–Kier alpha value is -2.30. The van der Waals surface area contributed by atoms with Crippen molar-refractivity contribution in [1.82, 2.24) is 4.90 Å². The van der Waals surface area contributed by atoms with Gasteiger partial charge in [-0.2, -0.15) is 0 Å². The van der Waals surface area contributed by atoms with Crippen LogP contribution in [0, 0.1) is 6.92 Å². The average Bonchev–Trinajstić information content (AvgIpc) is 2.40. The highest BCUT2D eigenvalue weighted by Crippen LogP contribution is 2.17. The molecule has 0 aliphatic heterocycles. The highest BCUT2D eigenvalue weighted by Gasteiger charge is 2.09. The number of rotatable bonds is 5. The number of hydrogen-bond acceptors (Lipinski definition) is 2. The van der Waals surface area contributed by atoms with Crippen LogP contribution in [0.25, 0.3) is 6.08 Å². The van der Waals surface area contributed by atoms with Crippen molar-refractivity contribution >= 4 is 23.8 Å². The molecule has 0 aliphatic carbocycles. The fourth-order valence-corrected chi connectivity index (χ4v) is 1.77. The van der Waals surface area contributed by atoms with Gasteiger partial charge in [0.25, 0.3) is 0 Å². The molecule has 0 saturated heterocycles. The van der Waals surface area contributed by atoms with Gasteiger partial charge in [0, 0.05) is 24.9 Å². The van der Waals surface area contributed by atoms with Gasteiger partial charge in [-0.3, -0.25) is 0 Å². The number of benzene rings is 1. The van der Waals surface area contributed by atoms with Crippen LogP contribution in [0.15, 0.2) is 24.3 Å². The van der Waals surface area contributed by atoms with Crippen LogP contribution in [-0.4, -0.2) is 35.1 Å². The molecule has 0 bridgehead atoms.